The lowest BCUT2D eigenvalue weighted by Crippen LogP contribution is -2.31. The van der Waals surface area contributed by atoms with E-state index in [9.17, 15) is 9.59 Å². The molecule has 0 heterocycles. The van der Waals surface area contributed by atoms with Crippen LogP contribution in [0.15, 0.2) is 0 Å². The predicted molar refractivity (Wildman–Crippen MR) is 48.2 cm³/mol. The number of carbonyl (C=O) groups is 2. The van der Waals surface area contributed by atoms with Gasteiger partial charge in [0.15, 0.2) is 0 Å². The van der Waals surface area contributed by atoms with Gasteiger partial charge in [-0.3, -0.25) is 9.59 Å². The van der Waals surface area contributed by atoms with E-state index >= 15 is 0 Å². The smallest absolute Gasteiger partial charge is 0.327 e. The van der Waals surface area contributed by atoms with E-state index in [0.717, 1.165) is 0 Å². The van der Waals surface area contributed by atoms with E-state index in [2.05, 4.69) is 15.4 Å². The monoisotopic (exact) mass is 188 g/mol. The van der Waals surface area contributed by atoms with Crippen molar-refractivity contribution in [3.8, 4) is 0 Å². The van der Waals surface area contributed by atoms with Gasteiger partial charge < -0.3 is 15.4 Å². The maximum atomic E-state index is 10.8. The zero-order valence-electron chi connectivity index (χ0n) is 8.05. The summed E-state index contributed by atoms with van der Waals surface area (Å²) in [5, 5.41) is 5.52. The number of ether oxygens (including phenoxy) is 1. The van der Waals surface area contributed by atoms with Gasteiger partial charge in [-0.05, 0) is 13.1 Å². The lowest BCUT2D eigenvalue weighted by molar-refractivity contribution is -0.158. The van der Waals surface area contributed by atoms with Crippen LogP contribution in [0.2, 0.25) is 0 Å². The minimum Gasteiger partial charge on any atom is -0.391 e. The van der Waals surface area contributed by atoms with Crippen LogP contribution in [-0.4, -0.2) is 38.1 Å². The lowest BCUT2D eigenvalue weighted by Gasteiger charge is -2.03. The Bertz CT molecular complexity index is 153. The average Bonchev–Trinajstić information content (AvgIpc) is 2.11. The molecule has 0 aromatic rings. The van der Waals surface area contributed by atoms with Crippen LogP contribution in [0.1, 0.15) is 13.8 Å². The standard InChI is InChI=1S/C8H16N2O3/c1-3-9-5-7(11)13-8(12)6-10-4-2/h9-10H,3-6H2,1-2H3. The van der Waals surface area contributed by atoms with Gasteiger partial charge in [-0.2, -0.15) is 0 Å². The minimum atomic E-state index is -0.537. The van der Waals surface area contributed by atoms with Gasteiger partial charge in [-0.15, -0.1) is 0 Å². The predicted octanol–water partition coefficient (Wildman–Crippen LogP) is -0.725. The van der Waals surface area contributed by atoms with E-state index in [1.165, 1.54) is 0 Å². The van der Waals surface area contributed by atoms with Crippen molar-refractivity contribution in [2.24, 2.45) is 0 Å². The summed E-state index contributed by atoms with van der Waals surface area (Å²) < 4.78 is 4.45. The van der Waals surface area contributed by atoms with Gasteiger partial charge in [0.2, 0.25) is 0 Å². The van der Waals surface area contributed by atoms with Crippen LogP contribution in [0.4, 0.5) is 0 Å². The number of likely N-dealkylation sites (N-methyl/N-ethyl adjacent to an activating group) is 2. The molecule has 5 nitrogen and oxygen atoms in total. The Labute approximate surface area is 77.8 Å². The molecule has 0 saturated carbocycles. The van der Waals surface area contributed by atoms with E-state index < -0.39 is 11.9 Å². The lowest BCUT2D eigenvalue weighted by atomic mass is 10.6. The van der Waals surface area contributed by atoms with Crippen molar-refractivity contribution in [1.29, 1.82) is 0 Å². The highest BCUT2D eigenvalue weighted by Gasteiger charge is 2.07. The van der Waals surface area contributed by atoms with Gasteiger partial charge in [-0.1, -0.05) is 13.8 Å². The first-order chi connectivity index (χ1) is 6.20. The van der Waals surface area contributed by atoms with Crippen molar-refractivity contribution in [2.75, 3.05) is 26.2 Å². The van der Waals surface area contributed by atoms with Crippen molar-refractivity contribution >= 4 is 11.9 Å². The number of nitrogens with one attached hydrogen (secondary N) is 2. The molecule has 0 radical (unpaired) electrons. The average molecular weight is 188 g/mol. The SMILES string of the molecule is CCNCC(=O)OC(=O)CNCC. The molecule has 0 aromatic carbocycles. The van der Waals surface area contributed by atoms with Gasteiger partial charge in [0.1, 0.15) is 0 Å². The third kappa shape index (κ3) is 7.42. The summed E-state index contributed by atoms with van der Waals surface area (Å²) in [5.41, 5.74) is 0. The largest absolute Gasteiger partial charge is 0.391 e. The topological polar surface area (TPSA) is 67.4 Å². The Hall–Kier alpha value is -0.940. The van der Waals surface area contributed by atoms with E-state index in [1.807, 2.05) is 13.8 Å². The van der Waals surface area contributed by atoms with Crippen molar-refractivity contribution in [1.82, 2.24) is 10.6 Å². The molecule has 0 unspecified atom stereocenters. The third-order valence-electron chi connectivity index (χ3n) is 1.27. The number of rotatable bonds is 6. The summed E-state index contributed by atoms with van der Waals surface area (Å²) >= 11 is 0. The second-order valence-corrected chi connectivity index (χ2v) is 2.41. The molecule has 0 aliphatic carbocycles. The molecule has 0 amide bonds. The molecule has 2 N–H and O–H groups in total. The second-order valence-electron chi connectivity index (χ2n) is 2.41. The molecular weight excluding hydrogens is 172 g/mol. The van der Waals surface area contributed by atoms with Crippen LogP contribution in [0, 0.1) is 0 Å². The Morgan fingerprint density at radius 1 is 1.00 bits per heavy atom. The highest BCUT2D eigenvalue weighted by Crippen LogP contribution is 1.78. The van der Waals surface area contributed by atoms with Gasteiger partial charge in [0.05, 0.1) is 13.1 Å². The van der Waals surface area contributed by atoms with Crippen LogP contribution in [0.5, 0.6) is 0 Å². The second kappa shape index (κ2) is 7.70. The fraction of sp³-hybridized carbons (Fsp3) is 0.750. The maximum Gasteiger partial charge on any atom is 0.327 e. The first-order valence-corrected chi connectivity index (χ1v) is 4.35. The first-order valence-electron chi connectivity index (χ1n) is 4.35. The van der Waals surface area contributed by atoms with Gasteiger partial charge >= 0.3 is 11.9 Å². The number of hydrogen-bond donors (Lipinski definition) is 2. The third-order valence-corrected chi connectivity index (χ3v) is 1.27. The maximum absolute atomic E-state index is 10.8. The molecule has 0 saturated heterocycles. The summed E-state index contributed by atoms with van der Waals surface area (Å²) in [5.74, 6) is -1.07. The molecular formula is C8H16N2O3. The first kappa shape index (κ1) is 12.1. The number of carbonyl (C=O) groups excluding carboxylic acids is 2. The summed E-state index contributed by atoms with van der Waals surface area (Å²) in [6.07, 6.45) is 0. The fourth-order valence-electron chi connectivity index (χ4n) is 0.653. The van der Waals surface area contributed by atoms with Crippen LogP contribution in [-0.2, 0) is 14.3 Å². The molecule has 0 aromatic heterocycles. The Kier molecular flexibility index (Phi) is 7.14. The number of esters is 2. The van der Waals surface area contributed by atoms with Crippen molar-refractivity contribution in [2.45, 2.75) is 13.8 Å². The molecule has 0 atom stereocenters. The van der Waals surface area contributed by atoms with E-state index in [4.69, 9.17) is 0 Å². The molecule has 0 spiro atoms. The molecule has 0 fully saturated rings. The van der Waals surface area contributed by atoms with Crippen molar-refractivity contribution in [3.05, 3.63) is 0 Å². The van der Waals surface area contributed by atoms with Crippen LogP contribution >= 0.6 is 0 Å². The molecule has 0 bridgehead atoms. The van der Waals surface area contributed by atoms with Crippen molar-refractivity contribution < 1.29 is 14.3 Å². The summed E-state index contributed by atoms with van der Waals surface area (Å²) in [7, 11) is 0. The highest BCUT2D eigenvalue weighted by molar-refractivity contribution is 5.87. The molecule has 0 rings (SSSR count). The van der Waals surface area contributed by atoms with E-state index in [-0.39, 0.29) is 13.1 Å². The highest BCUT2D eigenvalue weighted by atomic mass is 16.6. The molecule has 5 heteroatoms. The zero-order valence-corrected chi connectivity index (χ0v) is 8.05. The quantitative estimate of drug-likeness (QED) is 0.425. The Morgan fingerprint density at radius 3 is 1.69 bits per heavy atom. The number of hydrogen-bond acceptors (Lipinski definition) is 5. The normalized spacial score (nSPS) is 9.69. The van der Waals surface area contributed by atoms with Gasteiger partial charge in [-0.25, -0.2) is 0 Å². The molecule has 0 aliphatic rings. The minimum absolute atomic E-state index is 0.0777. The Morgan fingerprint density at radius 2 is 1.38 bits per heavy atom. The molecule has 13 heavy (non-hydrogen) atoms. The fourth-order valence-corrected chi connectivity index (χ4v) is 0.653. The summed E-state index contributed by atoms with van der Waals surface area (Å²) in [6.45, 7) is 5.25. The van der Waals surface area contributed by atoms with Gasteiger partial charge in [0.25, 0.3) is 0 Å². The molecule has 76 valence electrons. The van der Waals surface area contributed by atoms with Crippen LogP contribution in [0.25, 0.3) is 0 Å². The Balaban J connectivity index is 3.47. The van der Waals surface area contributed by atoms with Gasteiger partial charge in [0, 0.05) is 0 Å². The summed E-state index contributed by atoms with van der Waals surface area (Å²) in [4.78, 5) is 21.7. The van der Waals surface area contributed by atoms with Crippen LogP contribution < -0.4 is 10.6 Å². The van der Waals surface area contributed by atoms with E-state index in [1.54, 1.807) is 0 Å². The van der Waals surface area contributed by atoms with Crippen molar-refractivity contribution in [3.63, 3.8) is 0 Å². The summed E-state index contributed by atoms with van der Waals surface area (Å²) in [6, 6.07) is 0. The zero-order chi connectivity index (χ0) is 10.1. The van der Waals surface area contributed by atoms with Crippen LogP contribution in [0.3, 0.4) is 0 Å². The molecule has 0 aliphatic heterocycles. The van der Waals surface area contributed by atoms with E-state index in [0.29, 0.717) is 13.1 Å².